The molecule has 2 aromatic carbocycles. The van der Waals surface area contributed by atoms with Gasteiger partial charge in [0.25, 0.3) is 0 Å². The fourth-order valence-electron chi connectivity index (χ4n) is 2.55. The quantitative estimate of drug-likeness (QED) is 0.699. The molecule has 1 aliphatic heterocycles. The average Bonchev–Trinajstić information content (AvgIpc) is 2.38. The molecular formula is C15H14OP. The van der Waals surface area contributed by atoms with Gasteiger partial charge in [0.1, 0.15) is 7.80 Å². The summed E-state index contributed by atoms with van der Waals surface area (Å²) >= 11 is 0. The summed E-state index contributed by atoms with van der Waals surface area (Å²) in [5.74, 6) is 0. The van der Waals surface area contributed by atoms with Gasteiger partial charge >= 0.3 is 0 Å². The van der Waals surface area contributed by atoms with Crippen LogP contribution in [0.5, 0.6) is 0 Å². The van der Waals surface area contributed by atoms with Crippen molar-refractivity contribution in [1.29, 1.82) is 0 Å². The molecule has 0 fully saturated rings. The van der Waals surface area contributed by atoms with Crippen molar-refractivity contribution in [1.82, 2.24) is 0 Å². The van der Waals surface area contributed by atoms with Crippen molar-refractivity contribution in [2.24, 2.45) is 0 Å². The minimum atomic E-state index is -1.67. The molecule has 0 saturated heterocycles. The number of hydrogen-bond donors (Lipinski definition) is 0. The summed E-state index contributed by atoms with van der Waals surface area (Å²) in [4.78, 5) is 0. The number of rotatable bonds is 1. The Labute approximate surface area is 102 Å². The zero-order chi connectivity index (χ0) is 11.8. The highest BCUT2D eigenvalue weighted by molar-refractivity contribution is 7.53. The molecule has 3 rings (SSSR count). The highest BCUT2D eigenvalue weighted by atomic mass is 31.1. The molecule has 2 aromatic rings. The first kappa shape index (κ1) is 10.8. The number of fused-ring (bicyclic) bond motifs is 3. The van der Waals surface area contributed by atoms with E-state index in [-0.39, 0.29) is 0 Å². The van der Waals surface area contributed by atoms with Crippen molar-refractivity contribution < 1.29 is 4.57 Å². The predicted molar refractivity (Wildman–Crippen MR) is 73.3 cm³/mol. The zero-order valence-corrected chi connectivity index (χ0v) is 10.6. The average molecular weight is 241 g/mol. The van der Waals surface area contributed by atoms with Crippen LogP contribution in [0.4, 0.5) is 0 Å². The maximum Gasteiger partial charge on any atom is 0.109 e. The van der Waals surface area contributed by atoms with E-state index >= 15 is 0 Å². The number of hydrogen-bond acceptors (Lipinski definition) is 1. The summed E-state index contributed by atoms with van der Waals surface area (Å²) in [6.45, 7) is 3.97. The standard InChI is InChI=1S/C15H14OP/c1-2-11-7-5-9-14-15(11)13-8-4-3-6-12(13)10-17(14)16/h3-9,17H,1-2,10H2. The third kappa shape index (κ3) is 1.66. The molecule has 0 bridgehead atoms. The molecule has 1 radical (unpaired) electrons. The highest BCUT2D eigenvalue weighted by Crippen LogP contribution is 2.41. The summed E-state index contributed by atoms with van der Waals surface area (Å²) < 4.78 is 12.3. The van der Waals surface area contributed by atoms with Crippen LogP contribution in [0.15, 0.2) is 42.5 Å². The van der Waals surface area contributed by atoms with E-state index in [1.165, 1.54) is 22.3 Å². The molecule has 0 spiro atoms. The molecule has 1 unspecified atom stereocenters. The molecule has 17 heavy (non-hydrogen) atoms. The predicted octanol–water partition coefficient (Wildman–Crippen LogP) is 3.43. The molecule has 2 heteroatoms. The van der Waals surface area contributed by atoms with Crippen LogP contribution in [-0.2, 0) is 17.1 Å². The van der Waals surface area contributed by atoms with E-state index in [4.69, 9.17) is 0 Å². The Morgan fingerprint density at radius 3 is 2.76 bits per heavy atom. The van der Waals surface area contributed by atoms with Crippen molar-refractivity contribution in [3.63, 3.8) is 0 Å². The lowest BCUT2D eigenvalue weighted by Gasteiger charge is -2.22. The van der Waals surface area contributed by atoms with Crippen LogP contribution in [0, 0.1) is 6.92 Å². The Balaban J connectivity index is 2.36. The minimum absolute atomic E-state index is 0.703. The zero-order valence-electron chi connectivity index (χ0n) is 9.57. The maximum atomic E-state index is 12.3. The van der Waals surface area contributed by atoms with Gasteiger partial charge < -0.3 is 4.57 Å². The van der Waals surface area contributed by atoms with Crippen molar-refractivity contribution in [2.45, 2.75) is 12.6 Å². The van der Waals surface area contributed by atoms with Crippen LogP contribution in [0.2, 0.25) is 0 Å². The molecule has 85 valence electrons. The second-order valence-electron chi connectivity index (χ2n) is 4.35. The van der Waals surface area contributed by atoms with Gasteiger partial charge in [-0.2, -0.15) is 0 Å². The lowest BCUT2D eigenvalue weighted by Crippen LogP contribution is -2.11. The molecule has 0 saturated carbocycles. The van der Waals surface area contributed by atoms with Gasteiger partial charge in [-0.25, -0.2) is 0 Å². The molecule has 0 aliphatic carbocycles. The topological polar surface area (TPSA) is 17.1 Å². The largest absolute Gasteiger partial charge is 0.322 e. The van der Waals surface area contributed by atoms with E-state index in [1.54, 1.807) is 0 Å². The van der Waals surface area contributed by atoms with E-state index in [9.17, 15) is 4.57 Å². The Hall–Kier alpha value is -1.33. The second kappa shape index (κ2) is 4.16. The normalized spacial score (nSPS) is 17.4. The van der Waals surface area contributed by atoms with E-state index in [2.05, 4.69) is 25.1 Å². The molecule has 1 atom stereocenters. The smallest absolute Gasteiger partial charge is 0.109 e. The van der Waals surface area contributed by atoms with Crippen LogP contribution in [0.3, 0.4) is 0 Å². The van der Waals surface area contributed by atoms with Crippen LogP contribution in [-0.4, -0.2) is 0 Å². The molecule has 1 nitrogen and oxygen atoms in total. The van der Waals surface area contributed by atoms with Crippen molar-refractivity contribution in [3.05, 3.63) is 60.5 Å². The molecular weight excluding hydrogens is 227 g/mol. The minimum Gasteiger partial charge on any atom is -0.322 e. The Morgan fingerprint density at radius 1 is 1.12 bits per heavy atom. The van der Waals surface area contributed by atoms with Gasteiger partial charge in [-0.3, -0.25) is 0 Å². The number of benzene rings is 2. The Bertz CT molecular complexity index is 602. The summed E-state index contributed by atoms with van der Waals surface area (Å²) in [6, 6.07) is 14.4. The van der Waals surface area contributed by atoms with Gasteiger partial charge in [0.2, 0.25) is 0 Å². The van der Waals surface area contributed by atoms with E-state index in [0.29, 0.717) is 6.16 Å². The summed E-state index contributed by atoms with van der Waals surface area (Å²) in [7, 11) is -1.67. The lowest BCUT2D eigenvalue weighted by atomic mass is 9.94. The Morgan fingerprint density at radius 2 is 1.94 bits per heavy atom. The first-order valence-corrected chi connectivity index (χ1v) is 7.45. The first-order chi connectivity index (χ1) is 8.31. The summed E-state index contributed by atoms with van der Waals surface area (Å²) in [6.07, 6.45) is 1.45. The van der Waals surface area contributed by atoms with Gasteiger partial charge in [0, 0.05) is 11.5 Å². The van der Waals surface area contributed by atoms with E-state index < -0.39 is 7.80 Å². The summed E-state index contributed by atoms with van der Waals surface area (Å²) in [5, 5.41) is 1.04. The van der Waals surface area contributed by atoms with Crippen LogP contribution in [0.25, 0.3) is 11.1 Å². The second-order valence-corrected chi connectivity index (χ2v) is 6.09. The monoisotopic (exact) mass is 241 g/mol. The SMILES string of the molecule is [CH2]Cc1cccc2c1-c1ccccc1C[PH]2=O. The van der Waals surface area contributed by atoms with E-state index in [1.807, 2.05) is 24.3 Å². The molecule has 0 aromatic heterocycles. The van der Waals surface area contributed by atoms with Gasteiger partial charge in [-0.05, 0) is 35.6 Å². The fraction of sp³-hybridized carbons (Fsp3) is 0.133. The van der Waals surface area contributed by atoms with Crippen LogP contribution in [0.1, 0.15) is 11.1 Å². The fourth-order valence-corrected chi connectivity index (χ4v) is 4.25. The lowest BCUT2D eigenvalue weighted by molar-refractivity contribution is 0.592. The van der Waals surface area contributed by atoms with Gasteiger partial charge in [-0.15, -0.1) is 0 Å². The van der Waals surface area contributed by atoms with Crippen LogP contribution < -0.4 is 5.30 Å². The van der Waals surface area contributed by atoms with Crippen molar-refractivity contribution in [2.75, 3.05) is 0 Å². The third-order valence-electron chi connectivity index (χ3n) is 3.36. The van der Waals surface area contributed by atoms with E-state index in [0.717, 1.165) is 11.7 Å². The van der Waals surface area contributed by atoms with Gasteiger partial charge in [0.05, 0.1) is 0 Å². The van der Waals surface area contributed by atoms with Gasteiger partial charge in [0.15, 0.2) is 0 Å². The molecule has 0 amide bonds. The Kier molecular flexibility index (Phi) is 2.64. The van der Waals surface area contributed by atoms with Crippen LogP contribution >= 0.6 is 7.80 Å². The van der Waals surface area contributed by atoms with Gasteiger partial charge in [-0.1, -0.05) is 42.5 Å². The third-order valence-corrected chi connectivity index (χ3v) is 5.08. The highest BCUT2D eigenvalue weighted by Gasteiger charge is 2.22. The molecule has 1 aliphatic rings. The maximum absolute atomic E-state index is 12.3. The summed E-state index contributed by atoms with van der Waals surface area (Å²) in [5.41, 5.74) is 4.83. The van der Waals surface area contributed by atoms with Crippen molar-refractivity contribution >= 4 is 13.1 Å². The molecule has 1 heterocycles. The van der Waals surface area contributed by atoms with Crippen molar-refractivity contribution in [3.8, 4) is 11.1 Å². The first-order valence-electron chi connectivity index (χ1n) is 5.84. The molecule has 0 N–H and O–H groups in total.